The smallest absolute Gasteiger partial charge is 0.258 e. The summed E-state index contributed by atoms with van der Waals surface area (Å²) in [6.45, 7) is 1.88. The van der Waals surface area contributed by atoms with Crippen LogP contribution in [0, 0.1) is 17.0 Å². The second kappa shape index (κ2) is 5.64. The largest absolute Gasteiger partial charge is 0.269 e. The van der Waals surface area contributed by atoms with Crippen LogP contribution in [0.15, 0.2) is 22.5 Å². The van der Waals surface area contributed by atoms with Crippen molar-refractivity contribution in [3.8, 4) is 0 Å². The van der Waals surface area contributed by atoms with E-state index in [2.05, 4.69) is 10.2 Å². The van der Waals surface area contributed by atoms with Crippen molar-refractivity contribution < 1.29 is 4.92 Å². The number of halogens is 1. The molecule has 2 aromatic rings. The van der Waals surface area contributed by atoms with E-state index in [1.54, 1.807) is 6.07 Å². The monoisotopic (exact) mass is 301 g/mol. The zero-order chi connectivity index (χ0) is 13.1. The molecule has 0 amide bonds. The lowest BCUT2D eigenvalue weighted by molar-refractivity contribution is -0.384. The van der Waals surface area contributed by atoms with Crippen LogP contribution in [0.2, 0.25) is 5.02 Å². The SMILES string of the molecule is Cc1nnc(SCc2cc([N+](=O)[O-])ccc2Cl)s1. The van der Waals surface area contributed by atoms with Crippen molar-refractivity contribution in [1.82, 2.24) is 10.2 Å². The standard InChI is InChI=1S/C10H8ClN3O2S2/c1-6-12-13-10(18-6)17-5-7-4-8(14(15)16)2-3-9(7)11/h2-4H,5H2,1H3. The minimum absolute atomic E-state index is 0.0449. The summed E-state index contributed by atoms with van der Waals surface area (Å²) in [5, 5.41) is 20.0. The zero-order valence-corrected chi connectivity index (χ0v) is 11.7. The molecule has 0 spiro atoms. The summed E-state index contributed by atoms with van der Waals surface area (Å²) in [5.41, 5.74) is 0.771. The molecule has 0 atom stereocenters. The molecular weight excluding hydrogens is 294 g/mol. The Labute approximate surface area is 116 Å². The molecule has 0 radical (unpaired) electrons. The van der Waals surface area contributed by atoms with Crippen LogP contribution in [0.25, 0.3) is 0 Å². The molecule has 2 rings (SSSR count). The quantitative estimate of drug-likeness (QED) is 0.489. The average molecular weight is 302 g/mol. The maximum Gasteiger partial charge on any atom is 0.269 e. The summed E-state index contributed by atoms with van der Waals surface area (Å²) in [6, 6.07) is 4.43. The van der Waals surface area contributed by atoms with Crippen molar-refractivity contribution >= 4 is 40.4 Å². The predicted molar refractivity (Wildman–Crippen MR) is 72.3 cm³/mol. The number of hydrogen-bond donors (Lipinski definition) is 0. The number of thioether (sulfide) groups is 1. The fourth-order valence-corrected chi connectivity index (χ4v) is 3.33. The Morgan fingerprint density at radius 3 is 2.89 bits per heavy atom. The zero-order valence-electron chi connectivity index (χ0n) is 9.29. The summed E-state index contributed by atoms with van der Waals surface area (Å²) in [5.74, 6) is 0.537. The number of nitro benzene ring substituents is 1. The Kier molecular flexibility index (Phi) is 4.15. The molecule has 0 bridgehead atoms. The second-order valence-electron chi connectivity index (χ2n) is 3.41. The van der Waals surface area contributed by atoms with E-state index in [4.69, 9.17) is 11.6 Å². The number of rotatable bonds is 4. The van der Waals surface area contributed by atoms with Crippen molar-refractivity contribution in [2.45, 2.75) is 17.0 Å². The number of hydrogen-bond acceptors (Lipinski definition) is 6. The van der Waals surface area contributed by atoms with E-state index in [1.807, 2.05) is 6.92 Å². The van der Waals surface area contributed by atoms with E-state index in [-0.39, 0.29) is 5.69 Å². The van der Waals surface area contributed by atoms with Crippen molar-refractivity contribution in [1.29, 1.82) is 0 Å². The predicted octanol–water partition coefficient (Wildman–Crippen LogP) is 3.70. The molecular formula is C10H8ClN3O2S2. The minimum Gasteiger partial charge on any atom is -0.258 e. The maximum absolute atomic E-state index is 10.7. The first kappa shape index (κ1) is 13.3. The average Bonchev–Trinajstić information content (AvgIpc) is 2.74. The molecule has 1 aromatic heterocycles. The van der Waals surface area contributed by atoms with Crippen molar-refractivity contribution in [2.24, 2.45) is 0 Å². The molecule has 8 heteroatoms. The van der Waals surface area contributed by atoms with Crippen LogP contribution in [0.1, 0.15) is 10.6 Å². The first-order valence-corrected chi connectivity index (χ1v) is 7.10. The van der Waals surface area contributed by atoms with Gasteiger partial charge in [-0.2, -0.15) is 0 Å². The van der Waals surface area contributed by atoms with E-state index < -0.39 is 4.92 Å². The molecule has 0 saturated heterocycles. The Bertz CT molecular complexity index is 588. The number of aryl methyl sites for hydroxylation is 1. The van der Waals surface area contributed by atoms with Crippen LogP contribution in [0.5, 0.6) is 0 Å². The van der Waals surface area contributed by atoms with Crippen LogP contribution < -0.4 is 0 Å². The normalized spacial score (nSPS) is 10.6. The Hall–Kier alpha value is -1.18. The van der Waals surface area contributed by atoms with E-state index in [1.165, 1.54) is 35.2 Å². The third kappa shape index (κ3) is 3.18. The van der Waals surface area contributed by atoms with Gasteiger partial charge in [-0.15, -0.1) is 10.2 Å². The number of non-ortho nitro benzene ring substituents is 1. The van der Waals surface area contributed by atoms with Gasteiger partial charge in [0.25, 0.3) is 5.69 Å². The van der Waals surface area contributed by atoms with E-state index >= 15 is 0 Å². The number of nitrogens with zero attached hydrogens (tertiary/aromatic N) is 3. The Morgan fingerprint density at radius 2 is 2.28 bits per heavy atom. The molecule has 0 aliphatic carbocycles. The van der Waals surface area contributed by atoms with Gasteiger partial charge in [-0.3, -0.25) is 10.1 Å². The van der Waals surface area contributed by atoms with Gasteiger partial charge in [0.1, 0.15) is 5.01 Å². The fourth-order valence-electron chi connectivity index (χ4n) is 1.26. The lowest BCUT2D eigenvalue weighted by Gasteiger charge is -2.02. The van der Waals surface area contributed by atoms with Crippen LogP contribution in [-0.4, -0.2) is 15.1 Å². The van der Waals surface area contributed by atoms with Crippen LogP contribution in [0.3, 0.4) is 0 Å². The molecule has 1 heterocycles. The molecule has 0 unspecified atom stereocenters. The summed E-state index contributed by atoms with van der Waals surface area (Å²) in [7, 11) is 0. The highest BCUT2D eigenvalue weighted by Crippen LogP contribution is 2.30. The lowest BCUT2D eigenvalue weighted by Crippen LogP contribution is -1.90. The van der Waals surface area contributed by atoms with Gasteiger partial charge in [-0.1, -0.05) is 34.7 Å². The van der Waals surface area contributed by atoms with Gasteiger partial charge in [-0.25, -0.2) is 0 Å². The van der Waals surface area contributed by atoms with E-state index in [9.17, 15) is 10.1 Å². The van der Waals surface area contributed by atoms with Gasteiger partial charge in [0.15, 0.2) is 4.34 Å². The van der Waals surface area contributed by atoms with Gasteiger partial charge < -0.3 is 0 Å². The first-order chi connectivity index (χ1) is 8.56. The molecule has 0 aliphatic rings. The van der Waals surface area contributed by atoms with Gasteiger partial charge in [0.2, 0.25) is 0 Å². The van der Waals surface area contributed by atoms with Gasteiger partial charge in [0, 0.05) is 22.9 Å². The Balaban J connectivity index is 2.13. The first-order valence-electron chi connectivity index (χ1n) is 4.92. The van der Waals surface area contributed by atoms with Crippen LogP contribution in [0.4, 0.5) is 5.69 Å². The second-order valence-corrected chi connectivity index (χ2v) is 6.22. The van der Waals surface area contributed by atoms with Gasteiger partial charge in [0.05, 0.1) is 4.92 Å². The number of nitro groups is 1. The number of aromatic nitrogens is 2. The molecule has 94 valence electrons. The molecule has 1 aromatic carbocycles. The summed E-state index contributed by atoms with van der Waals surface area (Å²) in [4.78, 5) is 10.2. The topological polar surface area (TPSA) is 68.9 Å². The third-order valence-electron chi connectivity index (χ3n) is 2.10. The molecule has 0 fully saturated rings. The molecule has 5 nitrogen and oxygen atoms in total. The number of benzene rings is 1. The molecule has 18 heavy (non-hydrogen) atoms. The third-order valence-corrected chi connectivity index (χ3v) is 4.49. The summed E-state index contributed by atoms with van der Waals surface area (Å²) >= 11 is 8.96. The molecule has 0 N–H and O–H groups in total. The molecule has 0 aliphatic heterocycles. The highest BCUT2D eigenvalue weighted by atomic mass is 35.5. The van der Waals surface area contributed by atoms with Crippen molar-refractivity contribution in [3.05, 3.63) is 43.9 Å². The fraction of sp³-hybridized carbons (Fsp3) is 0.200. The summed E-state index contributed by atoms with van der Waals surface area (Å²) in [6.07, 6.45) is 0. The van der Waals surface area contributed by atoms with Crippen LogP contribution in [-0.2, 0) is 5.75 Å². The Morgan fingerprint density at radius 1 is 1.50 bits per heavy atom. The van der Waals surface area contributed by atoms with Crippen molar-refractivity contribution in [2.75, 3.05) is 0 Å². The van der Waals surface area contributed by atoms with Gasteiger partial charge >= 0.3 is 0 Å². The minimum atomic E-state index is -0.431. The summed E-state index contributed by atoms with van der Waals surface area (Å²) < 4.78 is 0.829. The highest BCUT2D eigenvalue weighted by Gasteiger charge is 2.11. The van der Waals surface area contributed by atoms with Crippen LogP contribution >= 0.6 is 34.7 Å². The van der Waals surface area contributed by atoms with E-state index in [0.29, 0.717) is 10.8 Å². The van der Waals surface area contributed by atoms with E-state index in [0.717, 1.165) is 14.9 Å². The lowest BCUT2D eigenvalue weighted by atomic mass is 10.2. The molecule has 0 saturated carbocycles. The maximum atomic E-state index is 10.7. The van der Waals surface area contributed by atoms with Gasteiger partial charge in [-0.05, 0) is 18.6 Å². The van der Waals surface area contributed by atoms with Crippen molar-refractivity contribution in [3.63, 3.8) is 0 Å². The highest BCUT2D eigenvalue weighted by molar-refractivity contribution is 8.00.